The first-order valence-electron chi connectivity index (χ1n) is 7.41. The Balaban J connectivity index is 1.71. The number of ether oxygens (including phenoxy) is 1. The van der Waals surface area contributed by atoms with Gasteiger partial charge in [0.25, 0.3) is 0 Å². The number of hydrogen-bond donors (Lipinski definition) is 0. The normalized spacial score (nSPS) is 27.2. The lowest BCUT2D eigenvalue weighted by Gasteiger charge is -2.38. The van der Waals surface area contributed by atoms with E-state index in [0.717, 1.165) is 30.5 Å². The molecule has 20 heavy (non-hydrogen) atoms. The number of pyridine rings is 1. The van der Waals surface area contributed by atoms with Crippen molar-refractivity contribution in [3.63, 3.8) is 0 Å². The van der Waals surface area contributed by atoms with Crippen molar-refractivity contribution in [1.29, 1.82) is 0 Å². The fraction of sp³-hybridized carbons (Fsp3) is 0.600. The average Bonchev–Trinajstić information content (AvgIpc) is 3.16. The first kappa shape index (κ1) is 12.1. The molecule has 1 saturated heterocycles. The second-order valence-electron chi connectivity index (χ2n) is 6.15. The molecule has 2 aliphatic rings. The van der Waals surface area contributed by atoms with Crippen LogP contribution in [0.25, 0.3) is 5.65 Å². The zero-order valence-electron chi connectivity index (χ0n) is 12.0. The maximum absolute atomic E-state index is 6.10. The van der Waals surface area contributed by atoms with Gasteiger partial charge in [-0.1, -0.05) is 0 Å². The van der Waals surface area contributed by atoms with Crippen molar-refractivity contribution in [1.82, 2.24) is 14.6 Å². The molecule has 1 aliphatic carbocycles. The van der Waals surface area contributed by atoms with E-state index in [1.165, 1.54) is 18.4 Å². The van der Waals surface area contributed by atoms with Gasteiger partial charge in [-0.2, -0.15) is 9.61 Å². The van der Waals surface area contributed by atoms with Gasteiger partial charge < -0.3 is 9.64 Å². The number of anilines is 1. The van der Waals surface area contributed by atoms with Gasteiger partial charge in [0.05, 0.1) is 12.2 Å². The van der Waals surface area contributed by atoms with Gasteiger partial charge in [0.1, 0.15) is 12.1 Å². The molecule has 4 rings (SSSR count). The number of rotatable bonds is 2. The molecule has 0 aromatic carbocycles. The summed E-state index contributed by atoms with van der Waals surface area (Å²) < 4.78 is 8.04. The highest BCUT2D eigenvalue weighted by Gasteiger charge is 2.37. The van der Waals surface area contributed by atoms with Crippen molar-refractivity contribution in [2.45, 2.75) is 38.9 Å². The molecule has 0 unspecified atom stereocenters. The maximum atomic E-state index is 6.10. The Hall–Kier alpha value is -1.62. The Morgan fingerprint density at radius 1 is 1.25 bits per heavy atom. The van der Waals surface area contributed by atoms with Gasteiger partial charge in [-0.3, -0.25) is 0 Å². The van der Waals surface area contributed by atoms with Gasteiger partial charge in [-0.25, -0.2) is 4.98 Å². The summed E-state index contributed by atoms with van der Waals surface area (Å²) in [7, 11) is 0. The van der Waals surface area contributed by atoms with Crippen LogP contribution in [-0.4, -0.2) is 39.9 Å². The summed E-state index contributed by atoms with van der Waals surface area (Å²) in [6, 6.07) is 4.27. The minimum Gasteiger partial charge on any atom is -0.371 e. The second-order valence-corrected chi connectivity index (χ2v) is 6.15. The number of fused-ring (bicyclic) bond motifs is 1. The van der Waals surface area contributed by atoms with Crippen molar-refractivity contribution < 1.29 is 4.74 Å². The van der Waals surface area contributed by atoms with Crippen molar-refractivity contribution >= 4 is 11.5 Å². The molecular formula is C15H20N4O. The molecule has 0 amide bonds. The number of hydrogen-bond acceptors (Lipinski definition) is 4. The minimum absolute atomic E-state index is 0.272. The predicted molar refractivity (Wildman–Crippen MR) is 77.0 cm³/mol. The van der Waals surface area contributed by atoms with Crippen LogP contribution < -0.4 is 4.90 Å². The first-order valence-corrected chi connectivity index (χ1v) is 7.41. The zero-order chi connectivity index (χ0) is 13.7. The third-order valence-corrected chi connectivity index (χ3v) is 4.26. The maximum Gasteiger partial charge on any atom is 0.157 e. The van der Waals surface area contributed by atoms with Crippen LogP contribution in [0.2, 0.25) is 0 Å². The van der Waals surface area contributed by atoms with Crippen LogP contribution in [0, 0.1) is 12.8 Å². The predicted octanol–water partition coefficient (Wildman–Crippen LogP) is 2.04. The van der Waals surface area contributed by atoms with Gasteiger partial charge in [-0.15, -0.1) is 0 Å². The molecule has 0 radical (unpaired) electrons. The van der Waals surface area contributed by atoms with Crippen LogP contribution in [0.15, 0.2) is 18.5 Å². The lowest BCUT2D eigenvalue weighted by molar-refractivity contribution is -0.0274. The van der Waals surface area contributed by atoms with E-state index in [4.69, 9.17) is 4.74 Å². The van der Waals surface area contributed by atoms with Gasteiger partial charge in [0.2, 0.25) is 0 Å². The molecule has 2 aromatic rings. The number of nitrogens with zero attached hydrogens (tertiary/aromatic N) is 4. The lowest BCUT2D eigenvalue weighted by atomic mass is 10.1. The SMILES string of the molecule is Cc1cc(N2C[C@H](C)O[C@@H](C3CC3)C2)n2ncnc2c1. The molecular weight excluding hydrogens is 252 g/mol. The van der Waals surface area contributed by atoms with E-state index < -0.39 is 0 Å². The highest BCUT2D eigenvalue weighted by atomic mass is 16.5. The monoisotopic (exact) mass is 272 g/mol. The van der Waals surface area contributed by atoms with Gasteiger partial charge in [0.15, 0.2) is 5.65 Å². The topological polar surface area (TPSA) is 42.7 Å². The third-order valence-electron chi connectivity index (χ3n) is 4.26. The van der Waals surface area contributed by atoms with Gasteiger partial charge in [0, 0.05) is 13.1 Å². The van der Waals surface area contributed by atoms with E-state index in [1.807, 2.05) is 4.52 Å². The van der Waals surface area contributed by atoms with E-state index in [1.54, 1.807) is 6.33 Å². The molecule has 2 fully saturated rings. The molecule has 1 saturated carbocycles. The summed E-state index contributed by atoms with van der Waals surface area (Å²) >= 11 is 0. The third kappa shape index (κ3) is 2.06. The van der Waals surface area contributed by atoms with Gasteiger partial charge in [-0.05, 0) is 50.3 Å². The van der Waals surface area contributed by atoms with Crippen LogP contribution in [0.1, 0.15) is 25.3 Å². The Kier molecular flexibility index (Phi) is 2.70. The number of morpholine rings is 1. The van der Waals surface area contributed by atoms with Crippen molar-refractivity contribution in [3.8, 4) is 0 Å². The first-order chi connectivity index (χ1) is 9.70. The van der Waals surface area contributed by atoms with E-state index in [9.17, 15) is 0 Å². The van der Waals surface area contributed by atoms with E-state index >= 15 is 0 Å². The highest BCUT2D eigenvalue weighted by molar-refractivity contribution is 5.53. The summed E-state index contributed by atoms with van der Waals surface area (Å²) in [5.74, 6) is 1.90. The molecule has 0 spiro atoms. The fourth-order valence-electron chi connectivity index (χ4n) is 3.16. The molecule has 1 aliphatic heterocycles. The average molecular weight is 272 g/mol. The molecule has 3 heterocycles. The molecule has 2 aromatic heterocycles. The van der Waals surface area contributed by atoms with Crippen LogP contribution in [0.5, 0.6) is 0 Å². The lowest BCUT2D eigenvalue weighted by Crippen LogP contribution is -2.48. The van der Waals surface area contributed by atoms with E-state index in [-0.39, 0.29) is 6.10 Å². The Labute approximate surface area is 118 Å². The molecule has 0 N–H and O–H groups in total. The molecule has 5 heteroatoms. The standard InChI is InChI=1S/C15H20N4O/c1-10-5-14-16-9-17-19(14)15(6-10)18-7-11(2)20-13(8-18)12-3-4-12/h5-6,9,11-13H,3-4,7-8H2,1-2H3/t11-,13+/m0/s1. The molecule has 106 valence electrons. The number of aromatic nitrogens is 3. The van der Waals surface area contributed by atoms with E-state index in [2.05, 4.69) is 41.0 Å². The quantitative estimate of drug-likeness (QED) is 0.839. The minimum atomic E-state index is 0.272. The van der Waals surface area contributed by atoms with Crippen molar-refractivity contribution in [2.24, 2.45) is 5.92 Å². The smallest absolute Gasteiger partial charge is 0.157 e. The summed E-state index contributed by atoms with van der Waals surface area (Å²) in [6.45, 7) is 6.16. The van der Waals surface area contributed by atoms with Gasteiger partial charge >= 0.3 is 0 Å². The van der Waals surface area contributed by atoms with Crippen LogP contribution in [0.3, 0.4) is 0 Å². The zero-order valence-corrected chi connectivity index (χ0v) is 12.0. The summed E-state index contributed by atoms with van der Waals surface area (Å²) in [6.07, 6.45) is 4.90. The largest absolute Gasteiger partial charge is 0.371 e. The summed E-state index contributed by atoms with van der Waals surface area (Å²) in [5.41, 5.74) is 2.14. The number of aryl methyl sites for hydroxylation is 1. The molecule has 5 nitrogen and oxygen atoms in total. The van der Waals surface area contributed by atoms with Crippen LogP contribution in [-0.2, 0) is 4.74 Å². The Bertz CT molecular complexity index is 634. The Morgan fingerprint density at radius 2 is 2.10 bits per heavy atom. The molecule has 2 atom stereocenters. The van der Waals surface area contributed by atoms with Crippen molar-refractivity contribution in [3.05, 3.63) is 24.0 Å². The van der Waals surface area contributed by atoms with Crippen molar-refractivity contribution in [2.75, 3.05) is 18.0 Å². The summed E-state index contributed by atoms with van der Waals surface area (Å²) in [4.78, 5) is 6.72. The fourth-order valence-corrected chi connectivity index (χ4v) is 3.16. The van der Waals surface area contributed by atoms with Crippen LogP contribution >= 0.6 is 0 Å². The second kappa shape index (κ2) is 4.45. The van der Waals surface area contributed by atoms with E-state index in [0.29, 0.717) is 6.10 Å². The van der Waals surface area contributed by atoms with Crippen LogP contribution in [0.4, 0.5) is 5.82 Å². The highest BCUT2D eigenvalue weighted by Crippen LogP contribution is 2.37. The Morgan fingerprint density at radius 3 is 2.90 bits per heavy atom. The summed E-state index contributed by atoms with van der Waals surface area (Å²) in [5, 5.41) is 4.37. The molecule has 0 bridgehead atoms.